The van der Waals surface area contributed by atoms with E-state index in [1.54, 1.807) is 0 Å². The van der Waals surface area contributed by atoms with Gasteiger partial charge in [0, 0.05) is 0 Å². The molecule has 3 unspecified atom stereocenters. The first kappa shape index (κ1) is 11.1. The number of alkyl halides is 2. The SMILES string of the molecule is O=C(O)C(F)(F)C(O)C1=C2C3CC(C1)CC2C3. The Morgan fingerprint density at radius 2 is 1.88 bits per heavy atom. The van der Waals surface area contributed by atoms with E-state index in [9.17, 15) is 18.7 Å². The average molecular weight is 244 g/mol. The molecule has 0 saturated heterocycles. The van der Waals surface area contributed by atoms with Crippen molar-refractivity contribution in [2.45, 2.75) is 37.7 Å². The Hall–Kier alpha value is -0.970. The number of halogens is 2. The topological polar surface area (TPSA) is 57.5 Å². The number of carboxylic acids is 1. The second kappa shape index (κ2) is 3.28. The summed E-state index contributed by atoms with van der Waals surface area (Å²) < 4.78 is 26.6. The molecule has 0 aromatic rings. The Morgan fingerprint density at radius 3 is 2.35 bits per heavy atom. The van der Waals surface area contributed by atoms with Gasteiger partial charge in [0.2, 0.25) is 0 Å². The molecular formula is C12H14F2O3. The van der Waals surface area contributed by atoms with Gasteiger partial charge in [-0.25, -0.2) is 4.79 Å². The maximum absolute atomic E-state index is 13.3. The number of aliphatic carboxylic acids is 1. The third-order valence-electron chi connectivity index (χ3n) is 4.52. The smallest absolute Gasteiger partial charge is 0.377 e. The Morgan fingerprint density at radius 1 is 1.29 bits per heavy atom. The first-order chi connectivity index (χ1) is 7.91. The lowest BCUT2D eigenvalue weighted by atomic mass is 9.51. The van der Waals surface area contributed by atoms with Gasteiger partial charge in [0.05, 0.1) is 0 Å². The molecule has 3 saturated carbocycles. The molecule has 0 radical (unpaired) electrons. The van der Waals surface area contributed by atoms with Gasteiger partial charge in [0.25, 0.3) is 0 Å². The van der Waals surface area contributed by atoms with Crippen LogP contribution in [0.3, 0.4) is 0 Å². The molecule has 5 rings (SSSR count). The lowest BCUT2D eigenvalue weighted by molar-refractivity contribution is -0.178. The van der Waals surface area contributed by atoms with E-state index in [4.69, 9.17) is 5.11 Å². The molecule has 17 heavy (non-hydrogen) atoms. The Kier molecular flexibility index (Phi) is 2.15. The summed E-state index contributed by atoms with van der Waals surface area (Å²) in [6, 6.07) is 0. The molecule has 2 N–H and O–H groups in total. The number of allylic oxidation sites excluding steroid dienone is 1. The summed E-state index contributed by atoms with van der Waals surface area (Å²) >= 11 is 0. The van der Waals surface area contributed by atoms with E-state index in [-0.39, 0.29) is 0 Å². The highest BCUT2D eigenvalue weighted by atomic mass is 19.3. The summed E-state index contributed by atoms with van der Waals surface area (Å²) in [5.74, 6) is -5.27. The second-order valence-corrected chi connectivity index (χ2v) is 5.48. The number of hydrogen-bond donors (Lipinski definition) is 2. The van der Waals surface area contributed by atoms with E-state index in [1.165, 1.54) is 0 Å². The van der Waals surface area contributed by atoms with Gasteiger partial charge >= 0.3 is 11.9 Å². The first-order valence-corrected chi connectivity index (χ1v) is 5.93. The molecule has 0 aromatic heterocycles. The summed E-state index contributed by atoms with van der Waals surface area (Å²) in [5, 5.41) is 18.1. The molecule has 0 heterocycles. The third kappa shape index (κ3) is 1.38. The normalized spacial score (nSPS) is 36.8. The fourth-order valence-electron chi connectivity index (χ4n) is 3.84. The van der Waals surface area contributed by atoms with Crippen molar-refractivity contribution in [1.29, 1.82) is 0 Å². The van der Waals surface area contributed by atoms with Crippen molar-refractivity contribution in [3.05, 3.63) is 11.1 Å². The number of hydrogen-bond acceptors (Lipinski definition) is 2. The van der Waals surface area contributed by atoms with Crippen LogP contribution in [0.15, 0.2) is 11.1 Å². The van der Waals surface area contributed by atoms with Crippen molar-refractivity contribution in [2.24, 2.45) is 17.8 Å². The van der Waals surface area contributed by atoms with E-state index in [1.807, 2.05) is 0 Å². The first-order valence-electron chi connectivity index (χ1n) is 5.93. The van der Waals surface area contributed by atoms with Crippen molar-refractivity contribution in [3.63, 3.8) is 0 Å². The van der Waals surface area contributed by atoms with Crippen LogP contribution < -0.4 is 0 Å². The molecule has 0 spiro atoms. The molecule has 0 aromatic carbocycles. The van der Waals surface area contributed by atoms with E-state index >= 15 is 0 Å². The van der Waals surface area contributed by atoms with Crippen LogP contribution >= 0.6 is 0 Å². The summed E-state index contributed by atoms with van der Waals surface area (Å²) in [6.45, 7) is 0. The van der Waals surface area contributed by atoms with Crippen LogP contribution in [-0.4, -0.2) is 28.2 Å². The van der Waals surface area contributed by atoms with Gasteiger partial charge in [0.15, 0.2) is 6.10 Å². The predicted molar refractivity (Wildman–Crippen MR) is 54.6 cm³/mol. The fourth-order valence-corrected chi connectivity index (χ4v) is 3.84. The van der Waals surface area contributed by atoms with Crippen molar-refractivity contribution in [1.82, 2.24) is 0 Å². The van der Waals surface area contributed by atoms with Crippen molar-refractivity contribution >= 4 is 5.97 Å². The van der Waals surface area contributed by atoms with Crippen LogP contribution in [0, 0.1) is 17.8 Å². The summed E-state index contributed by atoms with van der Waals surface area (Å²) in [7, 11) is 0. The maximum Gasteiger partial charge on any atom is 0.377 e. The molecule has 5 aliphatic rings. The van der Waals surface area contributed by atoms with Crippen LogP contribution in [0.25, 0.3) is 0 Å². The molecule has 94 valence electrons. The molecule has 5 heteroatoms. The van der Waals surface area contributed by atoms with Gasteiger partial charge in [0.1, 0.15) is 0 Å². The molecule has 3 fully saturated rings. The van der Waals surface area contributed by atoms with Crippen LogP contribution in [0.1, 0.15) is 25.7 Å². The van der Waals surface area contributed by atoms with Gasteiger partial charge in [-0.3, -0.25) is 0 Å². The van der Waals surface area contributed by atoms with E-state index in [0.717, 1.165) is 24.8 Å². The van der Waals surface area contributed by atoms with Crippen molar-refractivity contribution < 1.29 is 23.8 Å². The highest BCUT2D eigenvalue weighted by molar-refractivity contribution is 5.77. The van der Waals surface area contributed by atoms with Crippen molar-refractivity contribution in [3.8, 4) is 0 Å². The Balaban J connectivity index is 1.93. The number of aliphatic hydroxyl groups excluding tert-OH is 1. The zero-order chi connectivity index (χ0) is 12.4. The van der Waals surface area contributed by atoms with E-state index in [2.05, 4.69) is 0 Å². The highest BCUT2D eigenvalue weighted by Crippen LogP contribution is 2.60. The largest absolute Gasteiger partial charge is 0.477 e. The molecule has 0 aliphatic heterocycles. The number of fused-ring (bicyclic) bond motifs is 1. The van der Waals surface area contributed by atoms with E-state index < -0.39 is 18.0 Å². The lowest BCUT2D eigenvalue weighted by Gasteiger charge is -2.54. The zero-order valence-electron chi connectivity index (χ0n) is 9.20. The number of aliphatic hydroxyl groups is 1. The minimum atomic E-state index is -4.06. The van der Waals surface area contributed by atoms with Gasteiger partial charge in [-0.1, -0.05) is 5.57 Å². The number of carbonyl (C=O) groups is 1. The van der Waals surface area contributed by atoms with Crippen LogP contribution in [0.5, 0.6) is 0 Å². The summed E-state index contributed by atoms with van der Waals surface area (Å²) in [4.78, 5) is 10.5. The molecule has 3 nitrogen and oxygen atoms in total. The summed E-state index contributed by atoms with van der Waals surface area (Å²) in [6.07, 6.45) is 1.40. The van der Waals surface area contributed by atoms with Crippen molar-refractivity contribution in [2.75, 3.05) is 0 Å². The quantitative estimate of drug-likeness (QED) is 0.744. The number of carboxylic acid groups (broad SMARTS) is 1. The molecule has 0 amide bonds. The molecule has 3 atom stereocenters. The standard InChI is InChI=1S/C12H14F2O3/c13-12(14,11(16)17)10(15)8-3-5-1-6-4-7(2-5)9(6)8/h5-7,10,15H,1-4H2,(H,16,17). The van der Waals surface area contributed by atoms with Crippen LogP contribution in [0.2, 0.25) is 0 Å². The monoisotopic (exact) mass is 244 g/mol. The number of rotatable bonds is 3. The Labute approximate surface area is 97.1 Å². The highest BCUT2D eigenvalue weighted by Gasteiger charge is 2.55. The zero-order valence-corrected chi connectivity index (χ0v) is 9.20. The maximum atomic E-state index is 13.3. The lowest BCUT2D eigenvalue weighted by Crippen LogP contribution is -2.49. The van der Waals surface area contributed by atoms with Crippen LogP contribution in [-0.2, 0) is 4.79 Å². The molecular weight excluding hydrogens is 230 g/mol. The minimum Gasteiger partial charge on any atom is -0.477 e. The molecule has 5 aliphatic carbocycles. The van der Waals surface area contributed by atoms with Crippen LogP contribution in [0.4, 0.5) is 8.78 Å². The van der Waals surface area contributed by atoms with Gasteiger partial charge in [-0.05, 0) is 49.0 Å². The molecule has 4 bridgehead atoms. The van der Waals surface area contributed by atoms with Gasteiger partial charge in [-0.2, -0.15) is 8.78 Å². The predicted octanol–water partition coefficient (Wildman–Crippen LogP) is 1.81. The third-order valence-corrected chi connectivity index (χ3v) is 4.52. The van der Waals surface area contributed by atoms with Gasteiger partial charge < -0.3 is 10.2 Å². The van der Waals surface area contributed by atoms with E-state index in [0.29, 0.717) is 29.7 Å². The summed E-state index contributed by atoms with van der Waals surface area (Å²) in [5.41, 5.74) is 1.27. The van der Waals surface area contributed by atoms with Gasteiger partial charge in [-0.15, -0.1) is 0 Å². The average Bonchev–Trinajstić information content (AvgIpc) is 2.27. The Bertz CT molecular complexity index is 402. The minimum absolute atomic E-state index is 0.321. The fraction of sp³-hybridized carbons (Fsp3) is 0.750. The second-order valence-electron chi connectivity index (χ2n) is 5.48.